The number of alkyl halides is 2. The highest BCUT2D eigenvalue weighted by Crippen LogP contribution is 2.53. The van der Waals surface area contributed by atoms with Gasteiger partial charge < -0.3 is 10.1 Å². The van der Waals surface area contributed by atoms with Crippen LogP contribution in [0.3, 0.4) is 0 Å². The quantitative estimate of drug-likeness (QED) is 0.515. The Kier molecular flexibility index (Phi) is 5.16. The highest BCUT2D eigenvalue weighted by atomic mass is 19.3. The van der Waals surface area contributed by atoms with Crippen molar-refractivity contribution in [2.75, 3.05) is 18.5 Å². The van der Waals surface area contributed by atoms with Crippen LogP contribution in [0.4, 0.5) is 20.5 Å². The van der Waals surface area contributed by atoms with Crippen LogP contribution >= 0.6 is 0 Å². The summed E-state index contributed by atoms with van der Waals surface area (Å²) in [5.41, 5.74) is 4.49. The summed E-state index contributed by atoms with van der Waals surface area (Å²) in [6.07, 6.45) is 5.43. The largest absolute Gasteiger partial charge is 0.377 e. The van der Waals surface area contributed by atoms with Crippen molar-refractivity contribution in [2.45, 2.75) is 51.6 Å². The molecule has 5 rings (SSSR count). The van der Waals surface area contributed by atoms with Crippen molar-refractivity contribution in [3.05, 3.63) is 36.3 Å². The third-order valence-corrected chi connectivity index (χ3v) is 6.12. The van der Waals surface area contributed by atoms with Crippen LogP contribution in [0.5, 0.6) is 0 Å². The first-order chi connectivity index (χ1) is 15.3. The van der Waals surface area contributed by atoms with Gasteiger partial charge in [-0.05, 0) is 38.8 Å². The van der Waals surface area contributed by atoms with Gasteiger partial charge >= 0.3 is 0 Å². The standard InChI is InChI=1S/C23H26F2N6O.H2/c1-13(2)32-7-5-26-22-28-12-19-17(4-6-31(19)30-22)15-8-18-20(16-9-23(24,25)10-16)14(3)29-21(18)27-11-15;/h4,6,8,11-13,16,20H,5,7,9-10H2,1-3H3,(H,26,30);1H. The molecular weight excluding hydrogens is 414 g/mol. The molecule has 0 bridgehead atoms. The smallest absolute Gasteiger partial charge is 0.248 e. The van der Waals surface area contributed by atoms with Crippen LogP contribution in [-0.2, 0) is 4.74 Å². The Morgan fingerprint density at radius 1 is 1.28 bits per heavy atom. The number of fused-ring (bicyclic) bond motifs is 2. The Balaban J connectivity index is 0.00000259. The predicted molar refractivity (Wildman–Crippen MR) is 121 cm³/mol. The molecule has 3 aromatic rings. The van der Waals surface area contributed by atoms with E-state index in [1.54, 1.807) is 16.9 Å². The van der Waals surface area contributed by atoms with Crippen LogP contribution in [0.2, 0.25) is 0 Å². The van der Waals surface area contributed by atoms with Crippen molar-refractivity contribution in [3.8, 4) is 11.1 Å². The Hall–Kier alpha value is -2.94. The van der Waals surface area contributed by atoms with Crippen molar-refractivity contribution in [2.24, 2.45) is 10.9 Å². The van der Waals surface area contributed by atoms with Gasteiger partial charge in [-0.1, -0.05) is 0 Å². The summed E-state index contributed by atoms with van der Waals surface area (Å²) in [5, 5.41) is 7.68. The van der Waals surface area contributed by atoms with E-state index in [0.29, 0.717) is 24.9 Å². The number of anilines is 1. The number of hydrogen-bond acceptors (Lipinski definition) is 6. The van der Waals surface area contributed by atoms with Gasteiger partial charge in [-0.3, -0.25) is 0 Å². The Morgan fingerprint density at radius 2 is 2.09 bits per heavy atom. The van der Waals surface area contributed by atoms with E-state index in [1.807, 2.05) is 39.1 Å². The molecule has 0 radical (unpaired) electrons. The number of aliphatic imine (C=N–C) groups is 1. The Labute approximate surface area is 186 Å². The zero-order chi connectivity index (χ0) is 22.5. The van der Waals surface area contributed by atoms with E-state index in [0.717, 1.165) is 27.9 Å². The molecule has 1 aliphatic heterocycles. The molecule has 1 atom stereocenters. The second kappa shape index (κ2) is 7.88. The normalized spacial score (nSPS) is 19.8. The number of pyridine rings is 1. The molecule has 2 aliphatic rings. The summed E-state index contributed by atoms with van der Waals surface area (Å²) >= 11 is 0. The molecule has 32 heavy (non-hydrogen) atoms. The van der Waals surface area contributed by atoms with Gasteiger partial charge in [0.1, 0.15) is 0 Å². The second-order valence-electron chi connectivity index (χ2n) is 8.88. The van der Waals surface area contributed by atoms with Gasteiger partial charge in [0.15, 0.2) is 5.82 Å². The molecule has 1 saturated carbocycles. The van der Waals surface area contributed by atoms with Crippen molar-refractivity contribution in [3.63, 3.8) is 0 Å². The third-order valence-electron chi connectivity index (χ3n) is 6.12. The van der Waals surface area contributed by atoms with Crippen molar-refractivity contribution in [1.82, 2.24) is 19.6 Å². The zero-order valence-corrected chi connectivity index (χ0v) is 18.3. The van der Waals surface area contributed by atoms with E-state index >= 15 is 0 Å². The average Bonchev–Trinajstić information content (AvgIpc) is 3.28. The van der Waals surface area contributed by atoms with Gasteiger partial charge in [-0.25, -0.2) is 28.3 Å². The molecule has 0 aromatic carbocycles. The molecule has 9 heteroatoms. The number of rotatable bonds is 7. The van der Waals surface area contributed by atoms with Crippen molar-refractivity contribution >= 4 is 23.0 Å². The molecule has 1 fully saturated rings. The lowest BCUT2D eigenvalue weighted by Gasteiger charge is -2.39. The van der Waals surface area contributed by atoms with Crippen LogP contribution in [0.25, 0.3) is 16.6 Å². The Morgan fingerprint density at radius 3 is 2.84 bits per heavy atom. The van der Waals surface area contributed by atoms with Gasteiger partial charge in [0, 0.05) is 61.5 Å². The lowest BCUT2D eigenvalue weighted by Crippen LogP contribution is -2.40. The molecule has 0 saturated heterocycles. The number of nitrogens with zero attached hydrogens (tertiary/aromatic N) is 5. The molecule has 0 amide bonds. The molecule has 3 aromatic heterocycles. The van der Waals surface area contributed by atoms with Gasteiger partial charge in [-0.2, -0.15) is 0 Å². The maximum atomic E-state index is 13.5. The van der Waals surface area contributed by atoms with Crippen LogP contribution in [0.1, 0.15) is 46.5 Å². The van der Waals surface area contributed by atoms with E-state index in [-0.39, 0.29) is 32.2 Å². The topological polar surface area (TPSA) is 76.7 Å². The minimum Gasteiger partial charge on any atom is -0.377 e. The highest BCUT2D eigenvalue weighted by molar-refractivity contribution is 5.97. The van der Waals surface area contributed by atoms with E-state index < -0.39 is 5.92 Å². The fourth-order valence-electron chi connectivity index (χ4n) is 4.63. The first-order valence-electron chi connectivity index (χ1n) is 10.9. The van der Waals surface area contributed by atoms with Crippen molar-refractivity contribution in [1.29, 1.82) is 0 Å². The molecular formula is C23H28F2N6O. The molecule has 1 aliphatic carbocycles. The molecule has 1 N–H and O–H groups in total. The fourth-order valence-corrected chi connectivity index (χ4v) is 4.63. The van der Waals surface area contributed by atoms with Crippen LogP contribution in [0.15, 0.2) is 35.7 Å². The van der Waals surface area contributed by atoms with Crippen LogP contribution < -0.4 is 5.32 Å². The number of halogens is 2. The van der Waals surface area contributed by atoms with Crippen LogP contribution in [-0.4, -0.2) is 50.5 Å². The minimum atomic E-state index is -2.55. The summed E-state index contributed by atoms with van der Waals surface area (Å²) < 4.78 is 34.3. The molecule has 0 spiro atoms. The maximum Gasteiger partial charge on any atom is 0.248 e. The van der Waals surface area contributed by atoms with Gasteiger partial charge in [0.25, 0.3) is 0 Å². The first-order valence-corrected chi connectivity index (χ1v) is 10.9. The van der Waals surface area contributed by atoms with E-state index in [1.165, 1.54) is 0 Å². The fraction of sp³-hybridized carbons (Fsp3) is 0.478. The average molecular weight is 443 g/mol. The lowest BCUT2D eigenvalue weighted by atomic mass is 9.69. The summed E-state index contributed by atoms with van der Waals surface area (Å²) in [6, 6.07) is 4.00. The lowest BCUT2D eigenvalue weighted by molar-refractivity contribution is -0.112. The third kappa shape index (κ3) is 3.85. The van der Waals surface area contributed by atoms with Gasteiger partial charge in [-0.15, -0.1) is 5.10 Å². The number of hydrogen-bond donors (Lipinski definition) is 1. The van der Waals surface area contributed by atoms with E-state index in [4.69, 9.17) is 4.74 Å². The summed E-state index contributed by atoms with van der Waals surface area (Å²) in [7, 11) is 0. The summed E-state index contributed by atoms with van der Waals surface area (Å²) in [4.78, 5) is 13.5. The van der Waals surface area contributed by atoms with E-state index in [2.05, 4.69) is 25.4 Å². The highest BCUT2D eigenvalue weighted by Gasteiger charge is 2.50. The van der Waals surface area contributed by atoms with Crippen molar-refractivity contribution < 1.29 is 14.9 Å². The second-order valence-corrected chi connectivity index (χ2v) is 8.88. The SMILES string of the molecule is CC1=Nc2ncc(-c3ccn4nc(NCCOC(C)C)ncc34)cc2C1C1CC(F)(F)C1.[HH]. The molecule has 4 heterocycles. The summed E-state index contributed by atoms with van der Waals surface area (Å²) in [5.74, 6) is -1.57. The first kappa shape index (κ1) is 20.9. The number of nitrogens with one attached hydrogen (secondary N) is 1. The predicted octanol–water partition coefficient (Wildman–Crippen LogP) is 5.11. The molecule has 1 unspecified atom stereocenters. The van der Waals surface area contributed by atoms with Gasteiger partial charge in [0.2, 0.25) is 11.9 Å². The summed E-state index contributed by atoms with van der Waals surface area (Å²) in [6.45, 7) is 7.09. The number of ether oxygens (including phenoxy) is 1. The number of aromatic nitrogens is 4. The maximum absolute atomic E-state index is 13.5. The monoisotopic (exact) mass is 442 g/mol. The van der Waals surface area contributed by atoms with Crippen LogP contribution in [0, 0.1) is 5.92 Å². The Bertz CT molecular complexity index is 1190. The van der Waals surface area contributed by atoms with E-state index in [9.17, 15) is 8.78 Å². The minimum absolute atomic E-state index is 0. The molecule has 7 nitrogen and oxygen atoms in total. The molecule has 170 valence electrons. The zero-order valence-electron chi connectivity index (χ0n) is 18.3. The van der Waals surface area contributed by atoms with Gasteiger partial charge in [0.05, 0.1) is 24.4 Å².